The molecule has 0 aromatic heterocycles. The molecular formula is C5H11NO4. The highest BCUT2D eigenvalue weighted by atomic mass is 16.4. The number of aliphatic carboxylic acids is 1. The smallest absolute Gasteiger partial charge is 0.372 e. The molecule has 0 aliphatic carbocycles. The average molecular weight is 149 g/mol. The highest BCUT2D eigenvalue weighted by Crippen LogP contribution is 1.87. The van der Waals surface area contributed by atoms with E-state index >= 15 is 0 Å². The number of Topliss-reactive ketones (excluding diaryl/α,β-unsaturated/α-hetero) is 1. The van der Waals surface area contributed by atoms with Gasteiger partial charge in [0, 0.05) is 6.42 Å². The monoisotopic (exact) mass is 149 g/mol. The Morgan fingerprint density at radius 2 is 1.90 bits per heavy atom. The summed E-state index contributed by atoms with van der Waals surface area (Å²) in [6.45, 7) is 0.360. The van der Waals surface area contributed by atoms with Crippen LogP contribution in [0.2, 0.25) is 0 Å². The zero-order chi connectivity index (χ0) is 7.28. The van der Waals surface area contributed by atoms with Crippen molar-refractivity contribution in [2.75, 3.05) is 6.54 Å². The summed E-state index contributed by atoms with van der Waals surface area (Å²) in [6.07, 6.45) is 0.497. The number of carboxylic acids is 1. The van der Waals surface area contributed by atoms with Crippen molar-refractivity contribution in [2.45, 2.75) is 12.8 Å². The molecule has 0 heterocycles. The van der Waals surface area contributed by atoms with E-state index in [0.717, 1.165) is 0 Å². The summed E-state index contributed by atoms with van der Waals surface area (Å²) in [5.74, 6) is -2.14. The quantitative estimate of drug-likeness (QED) is 0.476. The molecule has 0 saturated heterocycles. The van der Waals surface area contributed by atoms with E-state index in [2.05, 4.69) is 0 Å². The van der Waals surface area contributed by atoms with Gasteiger partial charge in [0.15, 0.2) is 0 Å². The van der Waals surface area contributed by atoms with Gasteiger partial charge < -0.3 is 16.3 Å². The van der Waals surface area contributed by atoms with E-state index < -0.39 is 11.8 Å². The number of ketones is 1. The maximum absolute atomic E-state index is 10.2. The van der Waals surface area contributed by atoms with Gasteiger partial charge in [0.2, 0.25) is 5.78 Å². The number of carbonyl (C=O) groups excluding carboxylic acids is 1. The Morgan fingerprint density at radius 3 is 2.20 bits per heavy atom. The summed E-state index contributed by atoms with van der Waals surface area (Å²) in [4.78, 5) is 20.1. The van der Waals surface area contributed by atoms with E-state index in [0.29, 0.717) is 13.0 Å². The minimum atomic E-state index is -1.37. The van der Waals surface area contributed by atoms with Crippen LogP contribution in [0.1, 0.15) is 12.8 Å². The first-order valence-corrected chi connectivity index (χ1v) is 2.64. The fourth-order valence-electron chi connectivity index (χ4n) is 0.370. The molecule has 0 aromatic carbocycles. The van der Waals surface area contributed by atoms with Crippen molar-refractivity contribution < 1.29 is 20.2 Å². The van der Waals surface area contributed by atoms with Crippen LogP contribution in [0.4, 0.5) is 0 Å². The van der Waals surface area contributed by atoms with Crippen LogP contribution in [0.5, 0.6) is 0 Å². The number of nitrogens with two attached hydrogens (primary N) is 1. The van der Waals surface area contributed by atoms with Crippen LogP contribution in [-0.4, -0.2) is 28.9 Å². The van der Waals surface area contributed by atoms with Crippen molar-refractivity contribution in [3.63, 3.8) is 0 Å². The van der Waals surface area contributed by atoms with Gasteiger partial charge in [-0.05, 0) is 13.0 Å². The van der Waals surface area contributed by atoms with Crippen molar-refractivity contribution in [1.29, 1.82) is 0 Å². The molecule has 60 valence electrons. The van der Waals surface area contributed by atoms with E-state index in [1.165, 1.54) is 0 Å². The molecule has 0 bridgehead atoms. The molecule has 0 amide bonds. The third-order valence-electron chi connectivity index (χ3n) is 0.846. The van der Waals surface area contributed by atoms with Crippen molar-refractivity contribution in [3.05, 3.63) is 0 Å². The lowest BCUT2D eigenvalue weighted by molar-refractivity contribution is -0.149. The van der Waals surface area contributed by atoms with Crippen molar-refractivity contribution in [2.24, 2.45) is 5.73 Å². The van der Waals surface area contributed by atoms with Crippen LogP contribution in [0.3, 0.4) is 0 Å². The predicted molar refractivity (Wildman–Crippen MR) is 34.5 cm³/mol. The van der Waals surface area contributed by atoms with E-state index in [-0.39, 0.29) is 11.9 Å². The molecule has 5 heteroatoms. The topological polar surface area (TPSA) is 112 Å². The molecule has 0 aromatic rings. The lowest BCUT2D eigenvalue weighted by Gasteiger charge is -1.89. The van der Waals surface area contributed by atoms with Gasteiger partial charge in [-0.25, -0.2) is 4.79 Å². The van der Waals surface area contributed by atoms with Crippen LogP contribution in [0, 0.1) is 0 Å². The molecule has 0 spiro atoms. The lowest BCUT2D eigenvalue weighted by Crippen LogP contribution is -2.13. The zero-order valence-corrected chi connectivity index (χ0v) is 5.46. The Balaban J connectivity index is 0. The second-order valence-corrected chi connectivity index (χ2v) is 1.62. The van der Waals surface area contributed by atoms with E-state index in [1.807, 2.05) is 0 Å². The predicted octanol–water partition coefficient (Wildman–Crippen LogP) is -1.45. The van der Waals surface area contributed by atoms with Crippen molar-refractivity contribution in [3.8, 4) is 0 Å². The number of carboxylic acid groups (broad SMARTS) is 1. The second kappa shape index (κ2) is 6.18. The minimum Gasteiger partial charge on any atom is -0.476 e. The third-order valence-corrected chi connectivity index (χ3v) is 0.846. The zero-order valence-electron chi connectivity index (χ0n) is 5.46. The maximum Gasteiger partial charge on any atom is 0.372 e. The first-order chi connectivity index (χ1) is 4.18. The van der Waals surface area contributed by atoms with Crippen LogP contribution in [-0.2, 0) is 9.59 Å². The maximum atomic E-state index is 10.2. The molecule has 0 aliphatic heterocycles. The summed E-state index contributed by atoms with van der Waals surface area (Å²) in [6, 6.07) is 0. The molecule has 0 radical (unpaired) electrons. The Hall–Kier alpha value is -0.940. The molecule has 0 atom stereocenters. The van der Waals surface area contributed by atoms with Crippen LogP contribution < -0.4 is 5.73 Å². The summed E-state index contributed by atoms with van der Waals surface area (Å²) in [5, 5.41) is 8.02. The third kappa shape index (κ3) is 5.20. The Bertz CT molecular complexity index is 123. The molecule has 5 nitrogen and oxygen atoms in total. The highest BCUT2D eigenvalue weighted by molar-refractivity contribution is 6.32. The molecule has 0 rings (SSSR count). The largest absolute Gasteiger partial charge is 0.476 e. The second-order valence-electron chi connectivity index (χ2n) is 1.62. The van der Waals surface area contributed by atoms with Crippen molar-refractivity contribution >= 4 is 11.8 Å². The van der Waals surface area contributed by atoms with Crippen LogP contribution >= 0.6 is 0 Å². The van der Waals surface area contributed by atoms with Gasteiger partial charge in [0.25, 0.3) is 0 Å². The Morgan fingerprint density at radius 1 is 1.40 bits per heavy atom. The first kappa shape index (κ1) is 11.8. The van der Waals surface area contributed by atoms with Gasteiger partial charge in [-0.1, -0.05) is 0 Å². The van der Waals surface area contributed by atoms with E-state index in [1.54, 1.807) is 0 Å². The molecule has 0 saturated carbocycles. The summed E-state index contributed by atoms with van der Waals surface area (Å²) in [5.41, 5.74) is 5.03. The number of carbonyl (C=O) groups is 2. The summed E-state index contributed by atoms with van der Waals surface area (Å²) < 4.78 is 0. The number of hydrogen-bond donors (Lipinski definition) is 2. The van der Waals surface area contributed by atoms with E-state index in [9.17, 15) is 9.59 Å². The molecule has 0 aliphatic rings. The molecule has 5 N–H and O–H groups in total. The molecule has 0 fully saturated rings. The van der Waals surface area contributed by atoms with Crippen LogP contribution in [0.15, 0.2) is 0 Å². The average Bonchev–Trinajstić information content (AvgIpc) is 1.82. The first-order valence-electron chi connectivity index (χ1n) is 2.64. The Kier molecular flexibility index (Phi) is 7.30. The van der Waals surface area contributed by atoms with E-state index in [4.69, 9.17) is 10.8 Å². The minimum absolute atomic E-state index is 0. The Labute approximate surface area is 58.1 Å². The normalized spacial score (nSPS) is 8.10. The standard InChI is InChI=1S/C5H9NO3.H2O/c6-3-1-2-4(7)5(8)9;/h1-3,6H2,(H,8,9);1H2. The molecular weight excluding hydrogens is 138 g/mol. The summed E-state index contributed by atoms with van der Waals surface area (Å²) in [7, 11) is 0. The van der Waals surface area contributed by atoms with Gasteiger partial charge in [-0.2, -0.15) is 0 Å². The highest BCUT2D eigenvalue weighted by Gasteiger charge is 2.08. The SMILES string of the molecule is NCCCC(=O)C(=O)O.O. The number of rotatable bonds is 4. The lowest BCUT2D eigenvalue weighted by atomic mass is 10.2. The number of hydrogen-bond acceptors (Lipinski definition) is 3. The van der Waals surface area contributed by atoms with Gasteiger partial charge >= 0.3 is 5.97 Å². The van der Waals surface area contributed by atoms with Crippen molar-refractivity contribution in [1.82, 2.24) is 0 Å². The van der Waals surface area contributed by atoms with Gasteiger partial charge in [-0.15, -0.1) is 0 Å². The van der Waals surface area contributed by atoms with Gasteiger partial charge in [0.05, 0.1) is 0 Å². The molecule has 10 heavy (non-hydrogen) atoms. The van der Waals surface area contributed by atoms with Crippen LogP contribution in [0.25, 0.3) is 0 Å². The summed E-state index contributed by atoms with van der Waals surface area (Å²) >= 11 is 0. The molecule has 0 unspecified atom stereocenters. The fraction of sp³-hybridized carbons (Fsp3) is 0.600. The van der Waals surface area contributed by atoms with Gasteiger partial charge in [-0.3, -0.25) is 4.79 Å². The fourth-order valence-corrected chi connectivity index (χ4v) is 0.370. The van der Waals surface area contributed by atoms with Gasteiger partial charge in [0.1, 0.15) is 0 Å².